The highest BCUT2D eigenvalue weighted by atomic mass is 16.5. The van der Waals surface area contributed by atoms with Crippen LogP contribution in [0.4, 0.5) is 0 Å². The second-order valence-corrected chi connectivity index (χ2v) is 5.30. The molecule has 0 unspecified atom stereocenters. The first kappa shape index (κ1) is 12.6. The van der Waals surface area contributed by atoms with Crippen molar-refractivity contribution in [2.45, 2.75) is 38.5 Å². The molecule has 1 aromatic carbocycles. The van der Waals surface area contributed by atoms with Crippen LogP contribution in [0.25, 0.3) is 11.0 Å². The van der Waals surface area contributed by atoms with Crippen molar-refractivity contribution in [3.8, 4) is 0 Å². The SMILES string of the molecule is C[C@H](NCc1nc2ccccc2n1C)[C@H]1CCCO1. The number of fused-ring (bicyclic) bond motifs is 1. The van der Waals surface area contributed by atoms with Crippen molar-refractivity contribution < 1.29 is 4.74 Å². The van der Waals surface area contributed by atoms with Crippen LogP contribution in [0.1, 0.15) is 25.6 Å². The molecular weight excluding hydrogens is 238 g/mol. The maximum Gasteiger partial charge on any atom is 0.123 e. The van der Waals surface area contributed by atoms with Crippen molar-refractivity contribution in [2.75, 3.05) is 6.61 Å². The Hall–Kier alpha value is -1.39. The third kappa shape index (κ3) is 2.51. The zero-order valence-electron chi connectivity index (χ0n) is 11.6. The lowest BCUT2D eigenvalue weighted by molar-refractivity contribution is 0.0829. The summed E-state index contributed by atoms with van der Waals surface area (Å²) in [6, 6.07) is 8.62. The average molecular weight is 259 g/mol. The number of ether oxygens (including phenoxy) is 1. The first-order chi connectivity index (χ1) is 9.25. The molecule has 1 aliphatic heterocycles. The van der Waals surface area contributed by atoms with Gasteiger partial charge in [-0.2, -0.15) is 0 Å². The molecule has 1 fully saturated rings. The van der Waals surface area contributed by atoms with Gasteiger partial charge in [-0.1, -0.05) is 12.1 Å². The van der Waals surface area contributed by atoms with Gasteiger partial charge in [-0.05, 0) is 31.9 Å². The van der Waals surface area contributed by atoms with Gasteiger partial charge in [-0.3, -0.25) is 0 Å². The normalized spacial score (nSPS) is 21.1. The van der Waals surface area contributed by atoms with Gasteiger partial charge in [0.05, 0.1) is 23.7 Å². The number of aryl methyl sites for hydroxylation is 1. The first-order valence-electron chi connectivity index (χ1n) is 7.01. The molecule has 0 aliphatic carbocycles. The molecule has 4 nitrogen and oxygen atoms in total. The van der Waals surface area contributed by atoms with Crippen LogP contribution in [-0.4, -0.2) is 28.3 Å². The van der Waals surface area contributed by atoms with E-state index in [1.807, 2.05) is 6.07 Å². The molecule has 0 radical (unpaired) electrons. The number of imidazole rings is 1. The Bertz CT molecular complexity index is 558. The van der Waals surface area contributed by atoms with Gasteiger partial charge in [-0.25, -0.2) is 4.98 Å². The van der Waals surface area contributed by atoms with Crippen LogP contribution in [0, 0.1) is 0 Å². The lowest BCUT2D eigenvalue weighted by Gasteiger charge is -2.19. The van der Waals surface area contributed by atoms with E-state index in [0.29, 0.717) is 12.1 Å². The molecule has 0 spiro atoms. The van der Waals surface area contributed by atoms with Crippen molar-refractivity contribution in [3.05, 3.63) is 30.1 Å². The Kier molecular flexibility index (Phi) is 3.53. The maximum atomic E-state index is 5.70. The standard InChI is InChI=1S/C15H21N3O/c1-11(14-8-5-9-19-14)16-10-15-17-12-6-3-4-7-13(12)18(15)2/h3-4,6-7,11,14,16H,5,8-10H2,1-2H3/t11-,14+/m0/s1. The maximum absolute atomic E-state index is 5.70. The highest BCUT2D eigenvalue weighted by Gasteiger charge is 2.22. The first-order valence-corrected chi connectivity index (χ1v) is 7.01. The second kappa shape index (κ2) is 5.31. The van der Waals surface area contributed by atoms with Crippen LogP contribution in [-0.2, 0) is 18.3 Å². The van der Waals surface area contributed by atoms with Gasteiger partial charge in [0.25, 0.3) is 0 Å². The number of aromatic nitrogens is 2. The van der Waals surface area contributed by atoms with Crippen molar-refractivity contribution in [3.63, 3.8) is 0 Å². The molecule has 2 atom stereocenters. The van der Waals surface area contributed by atoms with Crippen molar-refractivity contribution in [2.24, 2.45) is 7.05 Å². The fourth-order valence-corrected chi connectivity index (χ4v) is 2.73. The monoisotopic (exact) mass is 259 g/mol. The summed E-state index contributed by atoms with van der Waals surface area (Å²) in [7, 11) is 2.07. The van der Waals surface area contributed by atoms with Crippen molar-refractivity contribution in [1.29, 1.82) is 0 Å². The number of hydrogen-bond donors (Lipinski definition) is 1. The Morgan fingerprint density at radius 1 is 1.47 bits per heavy atom. The lowest BCUT2D eigenvalue weighted by atomic mass is 10.1. The molecule has 1 N–H and O–H groups in total. The third-order valence-corrected chi connectivity index (χ3v) is 3.98. The van der Waals surface area contributed by atoms with Crippen molar-refractivity contribution >= 4 is 11.0 Å². The summed E-state index contributed by atoms with van der Waals surface area (Å²) in [5, 5.41) is 3.53. The summed E-state index contributed by atoms with van der Waals surface area (Å²) in [5.41, 5.74) is 2.25. The van der Waals surface area contributed by atoms with Crippen LogP contribution < -0.4 is 5.32 Å². The van der Waals surface area contributed by atoms with E-state index in [-0.39, 0.29) is 0 Å². The predicted molar refractivity (Wildman–Crippen MR) is 76.0 cm³/mol. The number of benzene rings is 1. The van der Waals surface area contributed by atoms with Gasteiger partial charge in [0.1, 0.15) is 5.82 Å². The minimum absolute atomic E-state index is 0.356. The van der Waals surface area contributed by atoms with Crippen LogP contribution in [0.15, 0.2) is 24.3 Å². The smallest absolute Gasteiger partial charge is 0.123 e. The average Bonchev–Trinajstić information content (AvgIpc) is 3.05. The topological polar surface area (TPSA) is 39.1 Å². The summed E-state index contributed by atoms with van der Waals surface area (Å²) in [4.78, 5) is 4.67. The van der Waals surface area contributed by atoms with E-state index < -0.39 is 0 Å². The number of hydrogen-bond acceptors (Lipinski definition) is 3. The molecule has 2 aromatic rings. The summed E-state index contributed by atoms with van der Waals surface area (Å²) in [5.74, 6) is 1.08. The van der Waals surface area contributed by atoms with Gasteiger partial charge in [-0.15, -0.1) is 0 Å². The van der Waals surface area contributed by atoms with Crippen LogP contribution in [0.3, 0.4) is 0 Å². The number of nitrogens with one attached hydrogen (secondary N) is 1. The molecule has 0 saturated carbocycles. The zero-order valence-corrected chi connectivity index (χ0v) is 11.6. The number of para-hydroxylation sites is 2. The van der Waals surface area contributed by atoms with Crippen LogP contribution in [0.5, 0.6) is 0 Å². The summed E-state index contributed by atoms with van der Waals surface area (Å²) in [6.45, 7) is 3.88. The minimum Gasteiger partial charge on any atom is -0.377 e. The van der Waals surface area contributed by atoms with Gasteiger partial charge in [0.2, 0.25) is 0 Å². The highest BCUT2D eigenvalue weighted by Crippen LogP contribution is 2.17. The fraction of sp³-hybridized carbons (Fsp3) is 0.533. The third-order valence-electron chi connectivity index (χ3n) is 3.98. The molecule has 2 heterocycles. The fourth-order valence-electron chi connectivity index (χ4n) is 2.73. The van der Waals surface area contributed by atoms with E-state index in [9.17, 15) is 0 Å². The minimum atomic E-state index is 0.356. The van der Waals surface area contributed by atoms with E-state index in [0.717, 1.165) is 30.9 Å². The molecule has 102 valence electrons. The molecule has 3 rings (SSSR count). The van der Waals surface area contributed by atoms with E-state index in [2.05, 4.69) is 47.0 Å². The molecule has 1 aromatic heterocycles. The largest absolute Gasteiger partial charge is 0.377 e. The molecule has 1 aliphatic rings. The van der Waals surface area contributed by atoms with Gasteiger partial charge >= 0.3 is 0 Å². The molecule has 19 heavy (non-hydrogen) atoms. The molecular formula is C15H21N3O. The summed E-state index contributed by atoms with van der Waals surface area (Å²) >= 11 is 0. The highest BCUT2D eigenvalue weighted by molar-refractivity contribution is 5.75. The molecule has 0 amide bonds. The summed E-state index contributed by atoms with van der Waals surface area (Å²) < 4.78 is 7.86. The Labute approximate surface area is 113 Å². The van der Waals surface area contributed by atoms with Crippen LogP contribution >= 0.6 is 0 Å². The van der Waals surface area contributed by atoms with E-state index in [4.69, 9.17) is 4.74 Å². The van der Waals surface area contributed by atoms with Gasteiger partial charge < -0.3 is 14.6 Å². The second-order valence-electron chi connectivity index (χ2n) is 5.30. The predicted octanol–water partition coefficient (Wildman–Crippen LogP) is 2.23. The number of nitrogens with zero attached hydrogens (tertiary/aromatic N) is 2. The van der Waals surface area contributed by atoms with E-state index in [1.165, 1.54) is 11.9 Å². The Morgan fingerprint density at radius 3 is 3.05 bits per heavy atom. The van der Waals surface area contributed by atoms with Crippen molar-refractivity contribution in [1.82, 2.24) is 14.9 Å². The van der Waals surface area contributed by atoms with Gasteiger partial charge in [0.15, 0.2) is 0 Å². The molecule has 0 bridgehead atoms. The quantitative estimate of drug-likeness (QED) is 0.915. The number of rotatable bonds is 4. The summed E-state index contributed by atoms with van der Waals surface area (Å²) in [6.07, 6.45) is 2.70. The molecule has 4 heteroatoms. The zero-order chi connectivity index (χ0) is 13.2. The Balaban J connectivity index is 1.69. The van der Waals surface area contributed by atoms with E-state index >= 15 is 0 Å². The van der Waals surface area contributed by atoms with E-state index in [1.54, 1.807) is 0 Å². The van der Waals surface area contributed by atoms with Gasteiger partial charge in [0, 0.05) is 19.7 Å². The lowest BCUT2D eigenvalue weighted by Crippen LogP contribution is -2.37. The van der Waals surface area contributed by atoms with Crippen LogP contribution in [0.2, 0.25) is 0 Å². The molecule has 1 saturated heterocycles. The Morgan fingerprint density at radius 2 is 2.32 bits per heavy atom.